The molecule has 4 N–H and O–H groups in total. The summed E-state index contributed by atoms with van der Waals surface area (Å²) in [6, 6.07) is 0. The van der Waals surface area contributed by atoms with E-state index in [0.717, 1.165) is 0 Å². The highest BCUT2D eigenvalue weighted by Gasteiger charge is 1.91. The summed E-state index contributed by atoms with van der Waals surface area (Å²) >= 11 is 0. The van der Waals surface area contributed by atoms with E-state index >= 15 is 0 Å². The van der Waals surface area contributed by atoms with E-state index in [2.05, 4.69) is 9.05 Å². The molecule has 0 saturated heterocycles. The molecule has 0 aliphatic heterocycles. The Morgan fingerprint density at radius 1 is 0.846 bits per heavy atom. The van der Waals surface area contributed by atoms with Gasteiger partial charge in [0, 0.05) is 23.1 Å². The SMILES string of the molecule is CCOP(O)O.CCOP(O)O.[Mg]. The molecular weight excluding hydrogens is 230 g/mol. The third-order valence-corrected chi connectivity index (χ3v) is 1.47. The number of hydrogen-bond donors (Lipinski definition) is 4. The molecule has 0 rings (SSSR count). The molecule has 0 unspecified atom stereocenters. The van der Waals surface area contributed by atoms with Crippen LogP contribution in [0, 0.1) is 0 Å². The van der Waals surface area contributed by atoms with Crippen LogP contribution in [-0.2, 0) is 9.05 Å². The van der Waals surface area contributed by atoms with Gasteiger partial charge in [-0.25, -0.2) is 0 Å². The van der Waals surface area contributed by atoms with Crippen LogP contribution in [0.2, 0.25) is 0 Å². The van der Waals surface area contributed by atoms with E-state index in [1.54, 1.807) is 13.8 Å². The van der Waals surface area contributed by atoms with Crippen molar-refractivity contribution in [1.82, 2.24) is 0 Å². The van der Waals surface area contributed by atoms with Gasteiger partial charge in [0.1, 0.15) is 0 Å². The summed E-state index contributed by atoms with van der Waals surface area (Å²) in [5, 5.41) is 0. The van der Waals surface area contributed by atoms with Crippen molar-refractivity contribution >= 4 is 40.3 Å². The van der Waals surface area contributed by atoms with Gasteiger partial charge >= 0.3 is 17.2 Å². The quantitative estimate of drug-likeness (QED) is 0.413. The summed E-state index contributed by atoms with van der Waals surface area (Å²) in [5.41, 5.74) is 0. The van der Waals surface area contributed by atoms with Gasteiger partial charge in [-0.1, -0.05) is 0 Å². The van der Waals surface area contributed by atoms with E-state index in [9.17, 15) is 0 Å². The van der Waals surface area contributed by atoms with Gasteiger partial charge < -0.3 is 28.6 Å². The predicted octanol–water partition coefficient (Wildman–Crippen LogP) is 0.0880. The average molecular weight is 244 g/mol. The summed E-state index contributed by atoms with van der Waals surface area (Å²) in [7, 11) is -4.20. The molecule has 9 heteroatoms. The van der Waals surface area contributed by atoms with Crippen LogP contribution in [0.15, 0.2) is 0 Å². The van der Waals surface area contributed by atoms with Gasteiger partial charge in [-0.3, -0.25) is 0 Å². The molecule has 0 bridgehead atoms. The van der Waals surface area contributed by atoms with E-state index < -0.39 is 17.2 Å². The van der Waals surface area contributed by atoms with Crippen LogP contribution in [-0.4, -0.2) is 55.8 Å². The molecule has 0 saturated carbocycles. The van der Waals surface area contributed by atoms with Gasteiger partial charge in [-0.2, -0.15) is 0 Å². The highest BCUT2D eigenvalue weighted by atomic mass is 31.2. The van der Waals surface area contributed by atoms with Gasteiger partial charge in [-0.15, -0.1) is 0 Å². The Bertz CT molecular complexity index is 75.0. The second-order valence-electron chi connectivity index (χ2n) is 1.34. The highest BCUT2D eigenvalue weighted by Crippen LogP contribution is 2.23. The van der Waals surface area contributed by atoms with Crippen LogP contribution in [0.5, 0.6) is 0 Å². The molecule has 0 heterocycles. The number of rotatable bonds is 4. The van der Waals surface area contributed by atoms with Gasteiger partial charge in [-0.05, 0) is 13.8 Å². The minimum atomic E-state index is -2.10. The van der Waals surface area contributed by atoms with Crippen molar-refractivity contribution in [1.29, 1.82) is 0 Å². The monoisotopic (exact) mass is 244 g/mol. The smallest absolute Gasteiger partial charge is 0.327 e. The summed E-state index contributed by atoms with van der Waals surface area (Å²) in [5.74, 6) is 0. The molecule has 0 amide bonds. The fourth-order valence-electron chi connectivity index (χ4n) is 0.231. The Balaban J connectivity index is -0.000000143. The average Bonchev–Trinajstić information content (AvgIpc) is 1.87. The Morgan fingerprint density at radius 3 is 1.08 bits per heavy atom. The largest absolute Gasteiger partial charge is 0.328 e. The number of hydrogen-bond acceptors (Lipinski definition) is 6. The standard InChI is InChI=1S/2C2H7O3P.Mg/c2*1-2-5-6(3)4;/h2*3-4H,2H2,1H3;. The maximum Gasteiger partial charge on any atom is 0.327 e. The topological polar surface area (TPSA) is 99.4 Å². The first kappa shape index (κ1) is 19.9. The molecule has 0 aliphatic rings. The first-order chi connectivity index (χ1) is 5.54. The van der Waals surface area contributed by atoms with Crippen molar-refractivity contribution in [3.8, 4) is 0 Å². The third-order valence-electron chi connectivity index (χ3n) is 0.489. The predicted molar refractivity (Wildman–Crippen MR) is 51.7 cm³/mol. The van der Waals surface area contributed by atoms with Crippen LogP contribution < -0.4 is 0 Å². The Morgan fingerprint density at radius 2 is 1.08 bits per heavy atom. The molecule has 13 heavy (non-hydrogen) atoms. The molecule has 0 aromatic heterocycles. The first-order valence-corrected chi connectivity index (χ1v) is 5.49. The maximum atomic E-state index is 7.95. The molecule has 6 nitrogen and oxygen atoms in total. The molecule has 0 aromatic carbocycles. The lowest BCUT2D eigenvalue weighted by molar-refractivity contribution is 0.268. The molecule has 2 radical (unpaired) electrons. The van der Waals surface area contributed by atoms with Crippen molar-refractivity contribution in [2.45, 2.75) is 13.8 Å². The summed E-state index contributed by atoms with van der Waals surface area (Å²) < 4.78 is 8.44. The first-order valence-electron chi connectivity index (χ1n) is 3.16. The van der Waals surface area contributed by atoms with Gasteiger partial charge in [0.15, 0.2) is 0 Å². The van der Waals surface area contributed by atoms with Crippen molar-refractivity contribution in [3.05, 3.63) is 0 Å². The van der Waals surface area contributed by atoms with Crippen molar-refractivity contribution in [2.24, 2.45) is 0 Å². The van der Waals surface area contributed by atoms with Gasteiger partial charge in [0.2, 0.25) is 0 Å². The Labute approximate surface area is 96.0 Å². The lowest BCUT2D eigenvalue weighted by Gasteiger charge is -1.95. The van der Waals surface area contributed by atoms with Gasteiger partial charge in [0.05, 0.1) is 13.2 Å². The van der Waals surface area contributed by atoms with Crippen LogP contribution >= 0.6 is 17.2 Å². The molecule has 0 atom stereocenters. The minimum Gasteiger partial charge on any atom is -0.328 e. The third kappa shape index (κ3) is 31.8. The fourth-order valence-corrected chi connectivity index (χ4v) is 0.693. The second kappa shape index (κ2) is 15.8. The Hall–Kier alpha value is 1.39. The van der Waals surface area contributed by atoms with Crippen molar-refractivity contribution in [2.75, 3.05) is 13.2 Å². The van der Waals surface area contributed by atoms with Crippen LogP contribution in [0.1, 0.15) is 13.8 Å². The van der Waals surface area contributed by atoms with E-state index in [1.165, 1.54) is 0 Å². The normalized spacial score (nSPS) is 9.23. The summed E-state index contributed by atoms with van der Waals surface area (Å²) in [6.07, 6.45) is 0. The lowest BCUT2D eigenvalue weighted by Crippen LogP contribution is -1.78. The maximum absolute atomic E-state index is 7.95. The van der Waals surface area contributed by atoms with E-state index in [4.69, 9.17) is 19.6 Å². The Kier molecular flexibility index (Phi) is 24.2. The molecule has 0 aromatic rings. The molecular formula is C4H14MgO6P2. The zero-order valence-electron chi connectivity index (χ0n) is 7.62. The zero-order chi connectivity index (χ0) is 9.98. The van der Waals surface area contributed by atoms with Crippen molar-refractivity contribution in [3.63, 3.8) is 0 Å². The zero-order valence-corrected chi connectivity index (χ0v) is 10.8. The molecule has 0 aliphatic carbocycles. The fraction of sp³-hybridized carbons (Fsp3) is 1.00. The van der Waals surface area contributed by atoms with Crippen LogP contribution in [0.3, 0.4) is 0 Å². The van der Waals surface area contributed by atoms with Gasteiger partial charge in [0.25, 0.3) is 0 Å². The van der Waals surface area contributed by atoms with Crippen LogP contribution in [0.4, 0.5) is 0 Å². The summed E-state index contributed by atoms with van der Waals surface area (Å²) in [6.45, 7) is 4.11. The molecule has 78 valence electrons. The summed E-state index contributed by atoms with van der Waals surface area (Å²) in [4.78, 5) is 31.8. The van der Waals surface area contributed by atoms with E-state index in [-0.39, 0.29) is 23.1 Å². The van der Waals surface area contributed by atoms with E-state index in [0.29, 0.717) is 13.2 Å². The highest BCUT2D eigenvalue weighted by molar-refractivity contribution is 7.39. The molecule has 0 fully saturated rings. The second-order valence-corrected chi connectivity index (χ2v) is 2.87. The minimum absolute atomic E-state index is 0. The lowest BCUT2D eigenvalue weighted by atomic mass is 10.9. The van der Waals surface area contributed by atoms with Crippen molar-refractivity contribution < 1.29 is 28.6 Å². The van der Waals surface area contributed by atoms with E-state index in [1.807, 2.05) is 0 Å². The van der Waals surface area contributed by atoms with Crippen LogP contribution in [0.25, 0.3) is 0 Å². The molecule has 0 spiro atoms.